The number of nitrogens with two attached hydrogens (primary N) is 1. The van der Waals surface area contributed by atoms with Crippen molar-refractivity contribution in [3.05, 3.63) is 28.8 Å². The molecule has 1 aromatic rings. The summed E-state index contributed by atoms with van der Waals surface area (Å²) in [6, 6.07) is 3.68. The van der Waals surface area contributed by atoms with Crippen LogP contribution in [0.2, 0.25) is 0 Å². The zero-order valence-electron chi connectivity index (χ0n) is 9.63. The van der Waals surface area contributed by atoms with E-state index in [1.54, 1.807) is 7.11 Å². The first kappa shape index (κ1) is 11.6. The summed E-state index contributed by atoms with van der Waals surface area (Å²) in [5, 5.41) is 0. The second-order valence-corrected chi connectivity index (χ2v) is 3.93. The van der Waals surface area contributed by atoms with Crippen LogP contribution in [0.4, 0.5) is 0 Å². The van der Waals surface area contributed by atoms with Crippen LogP contribution < -0.4 is 10.5 Å². The Morgan fingerprint density at radius 3 is 2.40 bits per heavy atom. The Morgan fingerprint density at radius 1 is 1.40 bits per heavy atom. The molecule has 1 amide bonds. The van der Waals surface area contributed by atoms with Crippen molar-refractivity contribution >= 4 is 5.91 Å². The molecule has 0 atom stereocenters. The Bertz CT molecular complexity index is 383. The van der Waals surface area contributed by atoms with Gasteiger partial charge in [0, 0.05) is 5.56 Å². The molecule has 0 unspecified atom stereocenters. The molecule has 0 heterocycles. The van der Waals surface area contributed by atoms with Crippen LogP contribution in [0.1, 0.15) is 41.3 Å². The van der Waals surface area contributed by atoms with Gasteiger partial charge in [0.1, 0.15) is 5.75 Å². The van der Waals surface area contributed by atoms with E-state index in [0.717, 1.165) is 16.9 Å². The molecular weight excluding hydrogens is 190 g/mol. The summed E-state index contributed by atoms with van der Waals surface area (Å²) in [4.78, 5) is 11.2. The van der Waals surface area contributed by atoms with E-state index in [2.05, 4.69) is 13.8 Å². The number of amides is 1. The lowest BCUT2D eigenvalue weighted by Crippen LogP contribution is -2.13. The minimum Gasteiger partial charge on any atom is -0.496 e. The molecule has 0 aliphatic carbocycles. The Morgan fingerprint density at radius 2 is 2.00 bits per heavy atom. The van der Waals surface area contributed by atoms with Crippen LogP contribution in [0.5, 0.6) is 5.75 Å². The average molecular weight is 207 g/mol. The smallest absolute Gasteiger partial charge is 0.248 e. The number of primary amides is 1. The summed E-state index contributed by atoms with van der Waals surface area (Å²) >= 11 is 0. The molecular formula is C12H17NO2. The second-order valence-electron chi connectivity index (χ2n) is 3.93. The van der Waals surface area contributed by atoms with Gasteiger partial charge in [0.15, 0.2) is 0 Å². The maximum absolute atomic E-state index is 11.2. The third-order valence-electron chi connectivity index (χ3n) is 2.46. The van der Waals surface area contributed by atoms with Gasteiger partial charge in [-0.3, -0.25) is 4.79 Å². The number of aryl methyl sites for hydroxylation is 1. The molecule has 1 aromatic carbocycles. The van der Waals surface area contributed by atoms with E-state index in [-0.39, 0.29) is 0 Å². The number of methoxy groups -OCH3 is 1. The summed E-state index contributed by atoms with van der Waals surface area (Å²) in [6.07, 6.45) is 0. The molecule has 1 rings (SSSR count). The molecule has 2 N–H and O–H groups in total. The predicted molar refractivity (Wildman–Crippen MR) is 60.3 cm³/mol. The standard InChI is InChI=1S/C12H17NO2/c1-7(2)9-6-10(12(13)14)8(3)5-11(9)15-4/h5-7H,1-4H3,(H2,13,14). The Kier molecular flexibility index (Phi) is 3.35. The number of hydrogen-bond donors (Lipinski definition) is 1. The molecule has 3 nitrogen and oxygen atoms in total. The molecule has 82 valence electrons. The molecule has 0 spiro atoms. The van der Waals surface area contributed by atoms with E-state index < -0.39 is 5.91 Å². The molecule has 0 aromatic heterocycles. The summed E-state index contributed by atoms with van der Waals surface area (Å²) in [5.74, 6) is 0.725. The monoisotopic (exact) mass is 207 g/mol. The molecule has 0 saturated heterocycles. The minimum atomic E-state index is -0.392. The number of benzene rings is 1. The van der Waals surface area contributed by atoms with Gasteiger partial charge in [-0.25, -0.2) is 0 Å². The highest BCUT2D eigenvalue weighted by Crippen LogP contribution is 2.29. The van der Waals surface area contributed by atoms with Gasteiger partial charge in [0.2, 0.25) is 5.91 Å². The molecule has 0 bridgehead atoms. The van der Waals surface area contributed by atoms with Gasteiger partial charge in [-0.2, -0.15) is 0 Å². The normalized spacial score (nSPS) is 10.5. The van der Waals surface area contributed by atoms with E-state index >= 15 is 0 Å². The van der Waals surface area contributed by atoms with Crippen molar-refractivity contribution in [3.63, 3.8) is 0 Å². The second kappa shape index (κ2) is 4.34. The molecule has 0 saturated carbocycles. The lowest BCUT2D eigenvalue weighted by molar-refractivity contribution is 0.0999. The SMILES string of the molecule is COc1cc(C)c(C(N)=O)cc1C(C)C. The van der Waals surface area contributed by atoms with Gasteiger partial charge >= 0.3 is 0 Å². The molecule has 0 aliphatic heterocycles. The van der Waals surface area contributed by atoms with Gasteiger partial charge in [-0.05, 0) is 36.1 Å². The van der Waals surface area contributed by atoms with E-state index in [1.807, 2.05) is 19.1 Å². The maximum Gasteiger partial charge on any atom is 0.248 e. The van der Waals surface area contributed by atoms with Crippen molar-refractivity contribution in [1.82, 2.24) is 0 Å². The average Bonchev–Trinajstić information content (AvgIpc) is 2.16. The number of carbonyl (C=O) groups excluding carboxylic acids is 1. The summed E-state index contributed by atoms with van der Waals surface area (Å²) in [5.41, 5.74) is 7.73. The van der Waals surface area contributed by atoms with Gasteiger partial charge < -0.3 is 10.5 Å². The van der Waals surface area contributed by atoms with Gasteiger partial charge in [-0.1, -0.05) is 13.8 Å². The lowest BCUT2D eigenvalue weighted by Gasteiger charge is -2.14. The summed E-state index contributed by atoms with van der Waals surface area (Å²) in [6.45, 7) is 5.96. The fourth-order valence-corrected chi connectivity index (χ4v) is 1.59. The number of carbonyl (C=O) groups is 1. The van der Waals surface area contributed by atoms with Crippen molar-refractivity contribution in [2.75, 3.05) is 7.11 Å². The van der Waals surface area contributed by atoms with Crippen molar-refractivity contribution in [3.8, 4) is 5.75 Å². The lowest BCUT2D eigenvalue weighted by atomic mass is 9.96. The molecule has 0 radical (unpaired) electrons. The molecule has 0 aliphatic rings. The fraction of sp³-hybridized carbons (Fsp3) is 0.417. The Balaban J connectivity index is 3.37. The summed E-state index contributed by atoms with van der Waals surface area (Å²) in [7, 11) is 1.63. The highest BCUT2D eigenvalue weighted by molar-refractivity contribution is 5.94. The van der Waals surface area contributed by atoms with Gasteiger partial charge in [0.05, 0.1) is 7.11 Å². The first-order valence-corrected chi connectivity index (χ1v) is 4.95. The van der Waals surface area contributed by atoms with Crippen LogP contribution in [-0.4, -0.2) is 13.0 Å². The van der Waals surface area contributed by atoms with Crippen molar-refractivity contribution in [2.24, 2.45) is 5.73 Å². The largest absolute Gasteiger partial charge is 0.496 e. The molecule has 3 heteroatoms. The zero-order chi connectivity index (χ0) is 11.6. The summed E-state index contributed by atoms with van der Waals surface area (Å²) < 4.78 is 5.27. The quantitative estimate of drug-likeness (QED) is 0.826. The predicted octanol–water partition coefficient (Wildman–Crippen LogP) is 2.23. The van der Waals surface area contributed by atoms with Crippen LogP contribution in [0, 0.1) is 6.92 Å². The van der Waals surface area contributed by atoms with Crippen LogP contribution in [0.3, 0.4) is 0 Å². The fourth-order valence-electron chi connectivity index (χ4n) is 1.59. The van der Waals surface area contributed by atoms with E-state index in [9.17, 15) is 4.79 Å². The highest BCUT2D eigenvalue weighted by Gasteiger charge is 2.13. The van der Waals surface area contributed by atoms with Crippen LogP contribution in [-0.2, 0) is 0 Å². The van der Waals surface area contributed by atoms with Gasteiger partial charge in [-0.15, -0.1) is 0 Å². The first-order chi connectivity index (χ1) is 6.97. The minimum absolute atomic E-state index is 0.304. The van der Waals surface area contributed by atoms with Crippen LogP contribution in [0.25, 0.3) is 0 Å². The number of rotatable bonds is 3. The van der Waals surface area contributed by atoms with Crippen molar-refractivity contribution in [1.29, 1.82) is 0 Å². The molecule has 0 fully saturated rings. The van der Waals surface area contributed by atoms with Crippen molar-refractivity contribution in [2.45, 2.75) is 26.7 Å². The zero-order valence-corrected chi connectivity index (χ0v) is 9.63. The molecule has 15 heavy (non-hydrogen) atoms. The maximum atomic E-state index is 11.2. The number of ether oxygens (including phenoxy) is 1. The third-order valence-corrected chi connectivity index (χ3v) is 2.46. The first-order valence-electron chi connectivity index (χ1n) is 4.95. The third kappa shape index (κ3) is 2.29. The highest BCUT2D eigenvalue weighted by atomic mass is 16.5. The number of hydrogen-bond acceptors (Lipinski definition) is 2. The van der Waals surface area contributed by atoms with E-state index in [0.29, 0.717) is 11.5 Å². The van der Waals surface area contributed by atoms with Gasteiger partial charge in [0.25, 0.3) is 0 Å². The topological polar surface area (TPSA) is 52.3 Å². The Labute approximate surface area is 90.2 Å². The Hall–Kier alpha value is -1.51. The van der Waals surface area contributed by atoms with Crippen LogP contribution in [0.15, 0.2) is 12.1 Å². The van der Waals surface area contributed by atoms with E-state index in [1.165, 1.54) is 0 Å². The van der Waals surface area contributed by atoms with Crippen molar-refractivity contribution < 1.29 is 9.53 Å². The van der Waals surface area contributed by atoms with E-state index in [4.69, 9.17) is 10.5 Å². The van der Waals surface area contributed by atoms with Crippen LogP contribution >= 0.6 is 0 Å².